The van der Waals surface area contributed by atoms with E-state index in [0.717, 1.165) is 56.3 Å². The van der Waals surface area contributed by atoms with Crippen LogP contribution in [-0.2, 0) is 17.3 Å². The first-order valence-corrected chi connectivity index (χ1v) is 11.1. The van der Waals surface area contributed by atoms with Gasteiger partial charge in [-0.15, -0.1) is 0 Å². The molecule has 2 saturated heterocycles. The van der Waals surface area contributed by atoms with Crippen molar-refractivity contribution in [1.29, 1.82) is 0 Å². The lowest BCUT2D eigenvalue weighted by Crippen LogP contribution is -2.44. The van der Waals surface area contributed by atoms with Gasteiger partial charge in [0.15, 0.2) is 0 Å². The molecule has 10 heteroatoms. The number of aryl methyl sites for hydroxylation is 1. The Morgan fingerprint density at radius 2 is 1.88 bits per heavy atom. The zero-order valence-electron chi connectivity index (χ0n) is 17.7. The molecule has 2 fully saturated rings. The molecule has 174 valence electrons. The number of likely N-dealkylation sites (tertiary alicyclic amines) is 1. The van der Waals surface area contributed by atoms with Gasteiger partial charge in [0.1, 0.15) is 29.3 Å². The highest BCUT2D eigenvalue weighted by molar-refractivity contribution is 5.88. The van der Waals surface area contributed by atoms with Crippen molar-refractivity contribution in [3.63, 3.8) is 0 Å². The van der Waals surface area contributed by atoms with E-state index in [0.29, 0.717) is 17.7 Å². The van der Waals surface area contributed by atoms with Gasteiger partial charge in [0.25, 0.3) is 0 Å². The van der Waals surface area contributed by atoms with E-state index < -0.39 is 11.9 Å². The molecular formula is C23H23F4N5O. The first-order valence-electron chi connectivity index (χ1n) is 11.1. The summed E-state index contributed by atoms with van der Waals surface area (Å²) >= 11 is 0. The third-order valence-electron chi connectivity index (χ3n) is 7.30. The summed E-state index contributed by atoms with van der Waals surface area (Å²) in [7, 11) is 0. The lowest BCUT2D eigenvalue weighted by atomic mass is 9.83. The van der Waals surface area contributed by atoms with Crippen LogP contribution < -0.4 is 5.32 Å². The molecule has 0 bridgehead atoms. The van der Waals surface area contributed by atoms with Crippen molar-refractivity contribution >= 4 is 16.9 Å². The number of rotatable bonds is 3. The van der Waals surface area contributed by atoms with Crippen LogP contribution >= 0.6 is 0 Å². The van der Waals surface area contributed by atoms with Crippen LogP contribution in [0.1, 0.15) is 29.3 Å². The number of anilines is 1. The minimum Gasteiger partial charge on any atom is -0.381 e. The third-order valence-corrected chi connectivity index (χ3v) is 7.30. The summed E-state index contributed by atoms with van der Waals surface area (Å²) in [5.41, 5.74) is 1.14. The maximum Gasteiger partial charge on any atom is 0.431 e. The van der Waals surface area contributed by atoms with E-state index in [2.05, 4.69) is 25.2 Å². The van der Waals surface area contributed by atoms with Crippen molar-refractivity contribution in [1.82, 2.24) is 19.9 Å². The van der Waals surface area contributed by atoms with Crippen molar-refractivity contribution in [2.75, 3.05) is 31.6 Å². The minimum absolute atomic E-state index is 0.111. The molecule has 3 aliphatic rings. The van der Waals surface area contributed by atoms with Gasteiger partial charge < -0.3 is 15.0 Å². The molecule has 0 spiro atoms. The molecule has 33 heavy (non-hydrogen) atoms. The molecule has 6 rings (SSSR count). The Kier molecular flexibility index (Phi) is 4.84. The molecule has 4 heterocycles. The van der Waals surface area contributed by atoms with E-state index in [1.807, 2.05) is 0 Å². The molecule has 3 aromatic rings. The monoisotopic (exact) mass is 461 g/mol. The molecular weight excluding hydrogens is 438 g/mol. The predicted octanol–water partition coefficient (Wildman–Crippen LogP) is 4.16. The van der Waals surface area contributed by atoms with E-state index in [4.69, 9.17) is 4.74 Å². The highest BCUT2D eigenvalue weighted by Crippen LogP contribution is 2.41. The number of ether oxygens (including phenoxy) is 1. The van der Waals surface area contributed by atoms with Gasteiger partial charge in [-0.25, -0.2) is 14.4 Å². The van der Waals surface area contributed by atoms with Crippen LogP contribution in [0.15, 0.2) is 30.6 Å². The smallest absolute Gasteiger partial charge is 0.381 e. The first kappa shape index (κ1) is 20.9. The molecule has 0 amide bonds. The lowest BCUT2D eigenvalue weighted by molar-refractivity contribution is -0.140. The summed E-state index contributed by atoms with van der Waals surface area (Å²) in [6.07, 6.45) is -1.68. The zero-order chi connectivity index (χ0) is 22.7. The second kappa shape index (κ2) is 7.66. The van der Waals surface area contributed by atoms with Crippen molar-refractivity contribution in [3.8, 4) is 0 Å². The maximum absolute atomic E-state index is 13.9. The number of hydrogen-bond acceptors (Lipinski definition) is 5. The molecule has 1 aliphatic carbocycles. The number of nitrogens with zero attached hydrogens (tertiary/aromatic N) is 3. The number of alkyl halides is 3. The highest BCUT2D eigenvalue weighted by Gasteiger charge is 2.43. The predicted molar refractivity (Wildman–Crippen MR) is 113 cm³/mol. The Morgan fingerprint density at radius 1 is 1.09 bits per heavy atom. The second-order valence-electron chi connectivity index (χ2n) is 9.25. The average molecular weight is 461 g/mol. The minimum atomic E-state index is -4.51. The molecule has 0 unspecified atom stereocenters. The molecule has 1 aromatic carbocycles. The number of fused-ring (bicyclic) bond motifs is 3. The van der Waals surface area contributed by atoms with E-state index in [1.54, 1.807) is 12.1 Å². The Hall–Kier alpha value is -2.72. The van der Waals surface area contributed by atoms with Crippen molar-refractivity contribution in [2.24, 2.45) is 11.8 Å². The van der Waals surface area contributed by atoms with Crippen molar-refractivity contribution in [2.45, 2.75) is 31.1 Å². The van der Waals surface area contributed by atoms with Crippen LogP contribution in [0, 0.1) is 17.7 Å². The van der Waals surface area contributed by atoms with Gasteiger partial charge in [-0.1, -0.05) is 6.07 Å². The fraction of sp³-hybridized carbons (Fsp3) is 0.478. The number of H-pyrrole nitrogens is 1. The number of aromatic amines is 1. The maximum atomic E-state index is 13.9. The lowest BCUT2D eigenvalue weighted by Gasteiger charge is -2.40. The van der Waals surface area contributed by atoms with Crippen LogP contribution in [0.2, 0.25) is 0 Å². The first-order chi connectivity index (χ1) is 15.9. The topological polar surface area (TPSA) is 66.1 Å². The van der Waals surface area contributed by atoms with Gasteiger partial charge in [-0.2, -0.15) is 13.2 Å². The van der Waals surface area contributed by atoms with E-state index in [-0.39, 0.29) is 28.9 Å². The summed E-state index contributed by atoms with van der Waals surface area (Å²) < 4.78 is 59.4. The Bertz CT molecular complexity index is 1180. The number of halogens is 4. The molecule has 2 aliphatic heterocycles. The van der Waals surface area contributed by atoms with E-state index in [1.165, 1.54) is 12.4 Å². The quantitative estimate of drug-likeness (QED) is 0.574. The average Bonchev–Trinajstić information content (AvgIpc) is 3.48. The van der Waals surface area contributed by atoms with Crippen LogP contribution in [0.4, 0.5) is 23.4 Å². The van der Waals surface area contributed by atoms with E-state index >= 15 is 0 Å². The number of benzene rings is 1. The molecule has 2 aromatic heterocycles. The van der Waals surface area contributed by atoms with Gasteiger partial charge in [-0.05, 0) is 42.2 Å². The van der Waals surface area contributed by atoms with Gasteiger partial charge in [-0.3, -0.25) is 4.90 Å². The van der Waals surface area contributed by atoms with Gasteiger partial charge in [0.2, 0.25) is 0 Å². The Balaban J connectivity index is 1.38. The van der Waals surface area contributed by atoms with Crippen LogP contribution in [0.3, 0.4) is 0 Å². The fourth-order valence-electron chi connectivity index (χ4n) is 5.69. The summed E-state index contributed by atoms with van der Waals surface area (Å²) in [5.74, 6) is 1.06. The van der Waals surface area contributed by atoms with Crippen LogP contribution in [0.5, 0.6) is 0 Å². The highest BCUT2D eigenvalue weighted by atomic mass is 19.4. The standard InChI is InChI=1S/C23H23F4N5O/c24-15-2-3-16-12(5-15)1-4-18(32-7-13-9-33-10-14(13)8-32)20(16)31-22-17-6-19(23(25,26)27)30-21(17)28-11-29-22/h2-3,5-6,11,13-14,18,20H,1,4,7-10H2,(H2,28,29,30,31)/t13-,14+,18-,20-/m0/s1. The van der Waals surface area contributed by atoms with Crippen molar-refractivity contribution < 1.29 is 22.3 Å². The Morgan fingerprint density at radius 3 is 2.64 bits per heavy atom. The summed E-state index contributed by atoms with van der Waals surface area (Å²) in [6, 6.07) is 5.69. The Labute approximate surface area is 187 Å². The number of aromatic nitrogens is 3. The van der Waals surface area contributed by atoms with Crippen LogP contribution in [-0.4, -0.2) is 52.2 Å². The van der Waals surface area contributed by atoms with Gasteiger partial charge in [0.05, 0.1) is 24.6 Å². The number of hydrogen-bond donors (Lipinski definition) is 2. The normalized spacial score (nSPS) is 27.6. The van der Waals surface area contributed by atoms with Gasteiger partial charge in [0, 0.05) is 31.0 Å². The third kappa shape index (κ3) is 3.65. The fourth-order valence-corrected chi connectivity index (χ4v) is 5.69. The van der Waals surface area contributed by atoms with Crippen LogP contribution in [0.25, 0.3) is 11.0 Å². The number of nitrogens with one attached hydrogen (secondary N) is 2. The molecule has 6 nitrogen and oxygen atoms in total. The molecule has 4 atom stereocenters. The SMILES string of the molecule is Fc1ccc2c(c1)CC[C@H](N1C[C@H]3COC[C@H]3C1)[C@H]2Nc1ncnc2[nH]c(C(F)(F)F)cc12. The van der Waals surface area contributed by atoms with E-state index in [9.17, 15) is 17.6 Å². The molecule has 0 radical (unpaired) electrons. The van der Waals surface area contributed by atoms with Crippen molar-refractivity contribution in [3.05, 3.63) is 53.2 Å². The summed E-state index contributed by atoms with van der Waals surface area (Å²) in [6.45, 7) is 3.38. The molecule has 0 saturated carbocycles. The zero-order valence-corrected chi connectivity index (χ0v) is 17.7. The van der Waals surface area contributed by atoms with Gasteiger partial charge >= 0.3 is 6.18 Å². The summed E-state index contributed by atoms with van der Waals surface area (Å²) in [4.78, 5) is 13.1. The molecule has 2 N–H and O–H groups in total. The second-order valence-corrected chi connectivity index (χ2v) is 9.25. The summed E-state index contributed by atoms with van der Waals surface area (Å²) in [5, 5.41) is 3.71. The largest absolute Gasteiger partial charge is 0.431 e.